The van der Waals surface area contributed by atoms with Gasteiger partial charge in [0.2, 0.25) is 0 Å². The summed E-state index contributed by atoms with van der Waals surface area (Å²) in [6.07, 6.45) is 3.48. The van der Waals surface area contributed by atoms with E-state index in [2.05, 4.69) is 9.97 Å². The fourth-order valence-corrected chi connectivity index (χ4v) is 2.68. The fraction of sp³-hybridized carbons (Fsp3) is 0.111. The number of pyridine rings is 2. The third-order valence-electron chi connectivity index (χ3n) is 3.72. The molecule has 1 aromatic carbocycles. The molecule has 1 aliphatic rings. The highest BCUT2D eigenvalue weighted by Crippen LogP contribution is 2.50. The summed E-state index contributed by atoms with van der Waals surface area (Å²) < 4.78 is 11.5. The molecule has 2 aromatic heterocycles. The zero-order chi connectivity index (χ0) is 15.8. The quantitative estimate of drug-likeness (QED) is 0.550. The lowest BCUT2D eigenvalue weighted by Gasteiger charge is -2.31. The van der Waals surface area contributed by atoms with Gasteiger partial charge in [-0.15, -0.1) is 0 Å². The number of aryl methyl sites for hydroxylation is 1. The molecule has 5 nitrogen and oxygen atoms in total. The van der Waals surface area contributed by atoms with Crippen molar-refractivity contribution in [2.75, 3.05) is 12.0 Å². The van der Waals surface area contributed by atoms with Crippen molar-refractivity contribution in [3.05, 3.63) is 60.4 Å². The van der Waals surface area contributed by atoms with E-state index in [-0.39, 0.29) is 0 Å². The molecule has 1 aliphatic heterocycles. The first kappa shape index (κ1) is 13.6. The lowest BCUT2D eigenvalue weighted by atomic mass is 10.1. The standard InChI is InChI=1S/C18H15N3O2/c1-12-7-8-13(16(11-12)22-2)21-17-14(5-3-9-19-17)23-15-6-4-10-20-18(15)21/h3-11H,1-2H3. The van der Waals surface area contributed by atoms with Gasteiger partial charge in [-0.25, -0.2) is 9.97 Å². The van der Waals surface area contributed by atoms with Gasteiger partial charge in [0.25, 0.3) is 0 Å². The monoisotopic (exact) mass is 305 g/mol. The van der Waals surface area contributed by atoms with Gasteiger partial charge in [0.15, 0.2) is 23.1 Å². The van der Waals surface area contributed by atoms with Gasteiger partial charge in [-0.3, -0.25) is 4.90 Å². The number of nitrogens with zero attached hydrogens (tertiary/aromatic N) is 3. The third-order valence-corrected chi connectivity index (χ3v) is 3.72. The molecule has 0 bridgehead atoms. The molecular weight excluding hydrogens is 290 g/mol. The van der Waals surface area contributed by atoms with Gasteiger partial charge in [0.1, 0.15) is 5.75 Å². The Hall–Kier alpha value is -3.08. The van der Waals surface area contributed by atoms with E-state index >= 15 is 0 Å². The first-order valence-electron chi connectivity index (χ1n) is 7.30. The van der Waals surface area contributed by atoms with E-state index in [1.54, 1.807) is 19.5 Å². The Balaban J connectivity index is 1.98. The second kappa shape index (κ2) is 5.28. The maximum Gasteiger partial charge on any atom is 0.182 e. The zero-order valence-electron chi connectivity index (χ0n) is 12.9. The Morgan fingerprint density at radius 1 is 0.957 bits per heavy atom. The highest BCUT2D eigenvalue weighted by atomic mass is 16.5. The molecule has 23 heavy (non-hydrogen) atoms. The molecule has 0 fully saturated rings. The van der Waals surface area contributed by atoms with Gasteiger partial charge < -0.3 is 9.47 Å². The van der Waals surface area contributed by atoms with E-state index in [0.29, 0.717) is 23.1 Å². The molecule has 0 N–H and O–H groups in total. The second-order valence-corrected chi connectivity index (χ2v) is 5.26. The lowest BCUT2D eigenvalue weighted by molar-refractivity contribution is 0.414. The van der Waals surface area contributed by atoms with Crippen molar-refractivity contribution < 1.29 is 9.47 Å². The van der Waals surface area contributed by atoms with Crippen LogP contribution in [0.3, 0.4) is 0 Å². The summed E-state index contributed by atoms with van der Waals surface area (Å²) in [6, 6.07) is 13.5. The van der Waals surface area contributed by atoms with Crippen LogP contribution in [0.25, 0.3) is 0 Å². The number of aromatic nitrogens is 2. The molecule has 5 heteroatoms. The molecule has 3 aromatic rings. The van der Waals surface area contributed by atoms with Crippen molar-refractivity contribution in [2.24, 2.45) is 0 Å². The molecule has 0 saturated carbocycles. The smallest absolute Gasteiger partial charge is 0.182 e. The van der Waals surface area contributed by atoms with Crippen molar-refractivity contribution in [3.63, 3.8) is 0 Å². The summed E-state index contributed by atoms with van der Waals surface area (Å²) in [6.45, 7) is 2.03. The Bertz CT molecular complexity index is 834. The average molecular weight is 305 g/mol. The fourth-order valence-electron chi connectivity index (χ4n) is 2.68. The van der Waals surface area contributed by atoms with E-state index in [1.807, 2.05) is 54.3 Å². The molecule has 4 rings (SSSR count). The first-order valence-corrected chi connectivity index (χ1v) is 7.30. The van der Waals surface area contributed by atoms with E-state index in [9.17, 15) is 0 Å². The summed E-state index contributed by atoms with van der Waals surface area (Å²) in [4.78, 5) is 10.9. The number of ether oxygens (including phenoxy) is 2. The summed E-state index contributed by atoms with van der Waals surface area (Å²) in [7, 11) is 1.66. The van der Waals surface area contributed by atoms with E-state index < -0.39 is 0 Å². The Kier molecular flexibility index (Phi) is 3.12. The highest BCUT2D eigenvalue weighted by Gasteiger charge is 2.29. The molecule has 0 atom stereocenters. The summed E-state index contributed by atoms with van der Waals surface area (Å²) in [5.41, 5.74) is 2.00. The van der Waals surface area contributed by atoms with Gasteiger partial charge in [-0.2, -0.15) is 0 Å². The van der Waals surface area contributed by atoms with Gasteiger partial charge in [-0.1, -0.05) is 6.07 Å². The predicted octanol–water partition coefficient (Wildman–Crippen LogP) is 4.37. The average Bonchev–Trinajstić information content (AvgIpc) is 2.60. The Labute approximate surface area is 134 Å². The van der Waals surface area contributed by atoms with Crippen LogP contribution in [-0.2, 0) is 0 Å². The van der Waals surface area contributed by atoms with Crippen molar-refractivity contribution >= 4 is 17.3 Å². The number of hydrogen-bond acceptors (Lipinski definition) is 5. The summed E-state index contributed by atoms with van der Waals surface area (Å²) >= 11 is 0. The van der Waals surface area contributed by atoms with Crippen molar-refractivity contribution in [1.29, 1.82) is 0 Å². The molecule has 0 amide bonds. The molecular formula is C18H15N3O2. The van der Waals surface area contributed by atoms with Crippen LogP contribution in [0.2, 0.25) is 0 Å². The summed E-state index contributed by atoms with van der Waals surface area (Å²) in [5.74, 6) is 3.54. The molecule has 114 valence electrons. The largest absolute Gasteiger partial charge is 0.495 e. The number of methoxy groups -OCH3 is 1. The maximum absolute atomic E-state index is 5.92. The number of anilines is 3. The van der Waals surface area contributed by atoms with Crippen LogP contribution in [0.15, 0.2) is 54.9 Å². The van der Waals surface area contributed by atoms with Gasteiger partial charge in [-0.05, 0) is 48.9 Å². The topological polar surface area (TPSA) is 47.5 Å². The zero-order valence-corrected chi connectivity index (χ0v) is 12.9. The number of fused-ring (bicyclic) bond motifs is 2. The van der Waals surface area contributed by atoms with E-state index in [1.165, 1.54) is 0 Å². The van der Waals surface area contributed by atoms with Crippen LogP contribution >= 0.6 is 0 Å². The normalized spacial score (nSPS) is 12.2. The minimum Gasteiger partial charge on any atom is -0.495 e. The number of hydrogen-bond donors (Lipinski definition) is 0. The summed E-state index contributed by atoms with van der Waals surface area (Å²) in [5, 5.41) is 0. The number of rotatable bonds is 2. The number of benzene rings is 1. The SMILES string of the molecule is COc1cc(C)ccc1N1c2ncccc2Oc2cccnc21. The van der Waals surface area contributed by atoms with Crippen LogP contribution in [0.1, 0.15) is 5.56 Å². The van der Waals surface area contributed by atoms with E-state index in [0.717, 1.165) is 17.0 Å². The van der Waals surface area contributed by atoms with Crippen LogP contribution in [0.4, 0.5) is 17.3 Å². The van der Waals surface area contributed by atoms with Crippen LogP contribution in [0, 0.1) is 6.92 Å². The lowest BCUT2D eigenvalue weighted by Crippen LogP contribution is -2.19. The molecule has 0 aliphatic carbocycles. The van der Waals surface area contributed by atoms with E-state index in [4.69, 9.17) is 9.47 Å². The van der Waals surface area contributed by atoms with Crippen molar-refractivity contribution in [1.82, 2.24) is 9.97 Å². The Morgan fingerprint density at radius 2 is 1.61 bits per heavy atom. The van der Waals surface area contributed by atoms with Crippen molar-refractivity contribution in [2.45, 2.75) is 6.92 Å². The van der Waals surface area contributed by atoms with Crippen LogP contribution < -0.4 is 14.4 Å². The van der Waals surface area contributed by atoms with Gasteiger partial charge in [0, 0.05) is 12.4 Å². The molecule has 3 heterocycles. The first-order chi connectivity index (χ1) is 11.3. The second-order valence-electron chi connectivity index (χ2n) is 5.26. The van der Waals surface area contributed by atoms with Crippen LogP contribution in [0.5, 0.6) is 17.2 Å². The van der Waals surface area contributed by atoms with Crippen molar-refractivity contribution in [3.8, 4) is 17.2 Å². The molecule has 0 spiro atoms. The van der Waals surface area contributed by atoms with Crippen LogP contribution in [-0.4, -0.2) is 17.1 Å². The minimum atomic E-state index is 0.690. The van der Waals surface area contributed by atoms with Gasteiger partial charge in [0.05, 0.1) is 12.8 Å². The molecule has 0 radical (unpaired) electrons. The van der Waals surface area contributed by atoms with Gasteiger partial charge >= 0.3 is 0 Å². The Morgan fingerprint density at radius 3 is 2.22 bits per heavy atom. The maximum atomic E-state index is 5.92. The predicted molar refractivity (Wildman–Crippen MR) is 88.1 cm³/mol. The molecule has 0 saturated heterocycles. The highest BCUT2D eigenvalue weighted by molar-refractivity contribution is 5.84. The molecule has 0 unspecified atom stereocenters. The minimum absolute atomic E-state index is 0.690. The third kappa shape index (κ3) is 2.17.